The minimum atomic E-state index is -1.13. The monoisotopic (exact) mass is 356 g/mol. The number of nitrogens with zero attached hydrogens (tertiary/aromatic N) is 2. The molecule has 1 aromatic rings. The van der Waals surface area contributed by atoms with Gasteiger partial charge in [0, 0.05) is 13.1 Å². The van der Waals surface area contributed by atoms with Gasteiger partial charge >= 0.3 is 0 Å². The standard InChI is InChI=1S/C19H20N2O3S/c1-13(22)15-16(23)17(19(24)21-11-7-4-8-12-21)25-18(15)20-14-9-5-2-3-6-10-14/h2-3,5,9,16-17,23H,4,7-8,11-12H2,1H3. The van der Waals surface area contributed by atoms with Crippen molar-refractivity contribution in [2.45, 2.75) is 37.5 Å². The van der Waals surface area contributed by atoms with Crippen molar-refractivity contribution in [1.29, 1.82) is 0 Å². The Morgan fingerprint density at radius 1 is 1.28 bits per heavy atom. The van der Waals surface area contributed by atoms with E-state index in [1.807, 2.05) is 0 Å². The van der Waals surface area contributed by atoms with Crippen LogP contribution in [0.4, 0.5) is 0 Å². The average Bonchev–Trinajstić information content (AvgIpc) is 2.76. The van der Waals surface area contributed by atoms with Gasteiger partial charge in [0.05, 0.1) is 5.57 Å². The summed E-state index contributed by atoms with van der Waals surface area (Å²) in [6.45, 7) is 2.81. The second-order valence-electron chi connectivity index (χ2n) is 6.13. The summed E-state index contributed by atoms with van der Waals surface area (Å²) in [7, 11) is 0. The third kappa shape index (κ3) is 3.94. The number of aliphatic hydroxyl groups excluding tert-OH is 1. The normalized spacial score (nSPS) is 24.2. The second-order valence-corrected chi connectivity index (χ2v) is 7.26. The molecule has 2 aliphatic heterocycles. The van der Waals surface area contributed by atoms with E-state index in [0.717, 1.165) is 19.3 Å². The third-order valence-corrected chi connectivity index (χ3v) is 5.56. The summed E-state index contributed by atoms with van der Waals surface area (Å²) in [6, 6.07) is 12.8. The Labute approximate surface area is 151 Å². The number of likely N-dealkylation sites (tertiary alicyclic amines) is 1. The Kier molecular flexibility index (Phi) is 5.57. The largest absolute Gasteiger partial charge is 0.386 e. The van der Waals surface area contributed by atoms with Crippen LogP contribution in [0.15, 0.2) is 39.9 Å². The molecule has 2 unspecified atom stereocenters. The van der Waals surface area contributed by atoms with Crippen LogP contribution in [0.2, 0.25) is 0 Å². The maximum atomic E-state index is 12.8. The number of aliphatic hydroxyl groups is 1. The highest BCUT2D eigenvalue weighted by atomic mass is 32.2. The van der Waals surface area contributed by atoms with Gasteiger partial charge in [0.2, 0.25) is 5.91 Å². The van der Waals surface area contributed by atoms with Crippen molar-refractivity contribution in [1.82, 2.24) is 4.90 Å². The number of carbonyl (C=O) groups is 2. The molecule has 1 amide bonds. The van der Waals surface area contributed by atoms with Gasteiger partial charge in [0.1, 0.15) is 21.7 Å². The van der Waals surface area contributed by atoms with E-state index in [2.05, 4.69) is 17.1 Å². The Balaban J connectivity index is 1.90. The van der Waals surface area contributed by atoms with Gasteiger partial charge in [-0.2, -0.15) is 0 Å². The molecule has 0 radical (unpaired) electrons. The molecule has 2 atom stereocenters. The van der Waals surface area contributed by atoms with Gasteiger partial charge in [-0.25, -0.2) is 4.99 Å². The molecule has 2 aliphatic rings. The summed E-state index contributed by atoms with van der Waals surface area (Å²) in [5.74, 6) is -0.382. The van der Waals surface area contributed by atoms with Crippen molar-refractivity contribution >= 4 is 23.5 Å². The highest BCUT2D eigenvalue weighted by Gasteiger charge is 2.42. The van der Waals surface area contributed by atoms with Crippen LogP contribution in [0, 0.1) is 12.1 Å². The Morgan fingerprint density at radius 3 is 2.76 bits per heavy atom. The van der Waals surface area contributed by atoms with Gasteiger partial charge < -0.3 is 10.0 Å². The van der Waals surface area contributed by atoms with Crippen molar-refractivity contribution < 1.29 is 14.7 Å². The van der Waals surface area contributed by atoms with Crippen molar-refractivity contribution in [2.24, 2.45) is 4.99 Å². The maximum absolute atomic E-state index is 12.8. The molecule has 25 heavy (non-hydrogen) atoms. The maximum Gasteiger partial charge on any atom is 0.239 e. The lowest BCUT2D eigenvalue weighted by Crippen LogP contribution is -2.44. The fourth-order valence-corrected chi connectivity index (χ4v) is 4.33. The molecular formula is C19H20N2O3S. The number of rotatable bonds is 3. The summed E-state index contributed by atoms with van der Waals surface area (Å²) >= 11 is 1.17. The first kappa shape index (κ1) is 17.7. The predicted molar refractivity (Wildman–Crippen MR) is 95.2 cm³/mol. The second kappa shape index (κ2) is 7.85. The van der Waals surface area contributed by atoms with Gasteiger partial charge in [-0.05, 0) is 44.4 Å². The van der Waals surface area contributed by atoms with Crippen LogP contribution in [0.5, 0.6) is 0 Å². The molecule has 0 saturated carbocycles. The number of thioether (sulfide) groups is 1. The highest BCUT2D eigenvalue weighted by Crippen LogP contribution is 2.40. The molecule has 0 bridgehead atoms. The molecule has 0 spiro atoms. The van der Waals surface area contributed by atoms with E-state index < -0.39 is 11.4 Å². The van der Waals surface area contributed by atoms with Gasteiger partial charge in [-0.15, -0.1) is 0 Å². The zero-order chi connectivity index (χ0) is 17.8. The summed E-state index contributed by atoms with van der Waals surface area (Å²) in [6.07, 6.45) is 1.96. The molecule has 1 fully saturated rings. The molecule has 1 saturated heterocycles. The van der Waals surface area contributed by atoms with Crippen molar-refractivity contribution in [3.63, 3.8) is 0 Å². The van der Waals surface area contributed by atoms with E-state index in [4.69, 9.17) is 0 Å². The first-order chi connectivity index (χ1) is 12.1. The smallest absolute Gasteiger partial charge is 0.239 e. The summed E-state index contributed by atoms with van der Waals surface area (Å²) in [5, 5.41) is 10.8. The lowest BCUT2D eigenvalue weighted by molar-refractivity contribution is -0.132. The lowest BCUT2D eigenvalue weighted by atomic mass is 10.0. The SMILES string of the molecule is CC(=O)C1=C(N=c2c#ccccc2)SC(C(=O)N2CCCCC2)C1O. The van der Waals surface area contributed by atoms with E-state index in [-0.39, 0.29) is 17.3 Å². The number of Topliss-reactive ketones (excluding diaryl/α,β-unsaturated/α-hetero) is 1. The van der Waals surface area contributed by atoms with Crippen molar-refractivity contribution in [3.05, 3.63) is 52.4 Å². The van der Waals surface area contributed by atoms with Gasteiger partial charge in [0.15, 0.2) is 5.78 Å². The first-order valence-electron chi connectivity index (χ1n) is 8.40. The Bertz CT molecular complexity index is 747. The quantitative estimate of drug-likeness (QED) is 0.891. The number of amides is 1. The topological polar surface area (TPSA) is 70.0 Å². The van der Waals surface area contributed by atoms with Gasteiger partial charge in [0.25, 0.3) is 0 Å². The van der Waals surface area contributed by atoms with Crippen LogP contribution in [0.25, 0.3) is 0 Å². The minimum absolute atomic E-state index is 0.115. The van der Waals surface area contributed by atoms with Gasteiger partial charge in [-0.1, -0.05) is 30.0 Å². The first-order valence-corrected chi connectivity index (χ1v) is 9.28. The molecule has 1 aromatic carbocycles. The molecule has 0 aliphatic carbocycles. The van der Waals surface area contributed by atoms with E-state index in [1.54, 1.807) is 29.2 Å². The Morgan fingerprint density at radius 2 is 2.04 bits per heavy atom. The fourth-order valence-electron chi connectivity index (χ4n) is 3.03. The summed E-state index contributed by atoms with van der Waals surface area (Å²) in [4.78, 5) is 31.0. The molecule has 5 nitrogen and oxygen atoms in total. The van der Waals surface area contributed by atoms with Crippen LogP contribution < -0.4 is 5.36 Å². The fraction of sp³-hybridized carbons (Fsp3) is 0.421. The highest BCUT2D eigenvalue weighted by molar-refractivity contribution is 8.04. The predicted octanol–water partition coefficient (Wildman–Crippen LogP) is 1.48. The number of carbonyl (C=O) groups excluding carboxylic acids is 2. The zero-order valence-corrected chi connectivity index (χ0v) is 14.9. The summed E-state index contributed by atoms with van der Waals surface area (Å²) < 4.78 is 0. The van der Waals surface area contributed by atoms with Crippen molar-refractivity contribution in [2.75, 3.05) is 13.1 Å². The number of ketones is 1. The molecule has 3 rings (SSSR count). The van der Waals surface area contributed by atoms with Crippen LogP contribution in [-0.2, 0) is 9.59 Å². The van der Waals surface area contributed by atoms with E-state index in [0.29, 0.717) is 23.5 Å². The molecule has 130 valence electrons. The molecule has 0 aromatic heterocycles. The third-order valence-electron chi connectivity index (χ3n) is 4.31. The molecule has 6 heteroatoms. The van der Waals surface area contributed by atoms with Crippen LogP contribution >= 0.6 is 11.8 Å². The van der Waals surface area contributed by atoms with Crippen LogP contribution in [-0.4, -0.2) is 46.1 Å². The molecular weight excluding hydrogens is 336 g/mol. The number of hydrogen-bond acceptors (Lipinski definition) is 5. The zero-order valence-electron chi connectivity index (χ0n) is 14.1. The van der Waals surface area contributed by atoms with E-state index in [1.165, 1.54) is 18.7 Å². The van der Waals surface area contributed by atoms with Crippen LogP contribution in [0.1, 0.15) is 26.2 Å². The van der Waals surface area contributed by atoms with E-state index >= 15 is 0 Å². The van der Waals surface area contributed by atoms with Gasteiger partial charge in [-0.3, -0.25) is 9.59 Å². The number of hydrogen-bond donors (Lipinski definition) is 1. The average molecular weight is 356 g/mol. The Hall–Kier alpha value is -2.10. The van der Waals surface area contributed by atoms with Crippen LogP contribution in [0.3, 0.4) is 0 Å². The molecule has 2 heterocycles. The molecule has 1 N–H and O–H groups in total. The van der Waals surface area contributed by atoms with Crippen molar-refractivity contribution in [3.8, 4) is 0 Å². The lowest BCUT2D eigenvalue weighted by Gasteiger charge is -2.29. The minimum Gasteiger partial charge on any atom is -0.386 e. The van der Waals surface area contributed by atoms with E-state index in [9.17, 15) is 14.7 Å². The summed E-state index contributed by atoms with van der Waals surface area (Å²) in [5.41, 5.74) is 0.209. The number of piperidine rings is 1.